The molecule has 1 saturated carbocycles. The van der Waals surface area contributed by atoms with Crippen LogP contribution in [0.5, 0.6) is 5.75 Å². The minimum Gasteiger partial charge on any atom is -0.491 e. The molecule has 184 valence electrons. The van der Waals surface area contributed by atoms with Crippen molar-refractivity contribution >= 4 is 5.97 Å². The zero-order valence-corrected chi connectivity index (χ0v) is 18.4. The van der Waals surface area contributed by atoms with E-state index in [4.69, 9.17) is 4.74 Å². The summed E-state index contributed by atoms with van der Waals surface area (Å²) in [6.07, 6.45) is 2.21. The van der Waals surface area contributed by atoms with E-state index in [1.54, 1.807) is 6.08 Å². The minimum absolute atomic E-state index is 0.0104. The Hall–Kier alpha value is -2.36. The van der Waals surface area contributed by atoms with Crippen molar-refractivity contribution in [2.75, 3.05) is 13.7 Å². The zero-order valence-electron chi connectivity index (χ0n) is 18.4. The maximum Gasteiger partial charge on any atom is 0.416 e. The first-order valence-corrected chi connectivity index (χ1v) is 10.9. The summed E-state index contributed by atoms with van der Waals surface area (Å²) in [4.78, 5) is 11.1. The predicted molar refractivity (Wildman–Crippen MR) is 115 cm³/mol. The Bertz CT molecular complexity index is 808. The molecule has 0 amide bonds. The van der Waals surface area contributed by atoms with Gasteiger partial charge in [0.25, 0.3) is 0 Å². The minimum atomic E-state index is -4.48. The van der Waals surface area contributed by atoms with E-state index < -0.39 is 30.1 Å². The number of esters is 1. The maximum absolute atomic E-state index is 12.8. The van der Waals surface area contributed by atoms with Crippen molar-refractivity contribution in [1.82, 2.24) is 0 Å². The first-order chi connectivity index (χ1) is 15.6. The highest BCUT2D eigenvalue weighted by Gasteiger charge is 2.39. The van der Waals surface area contributed by atoms with Crippen LogP contribution in [0.4, 0.5) is 13.2 Å². The lowest BCUT2D eigenvalue weighted by Gasteiger charge is -2.19. The van der Waals surface area contributed by atoms with Crippen molar-refractivity contribution in [3.05, 3.63) is 54.1 Å². The topological polar surface area (TPSA) is 96.2 Å². The lowest BCUT2D eigenvalue weighted by atomic mass is 9.89. The molecule has 0 bridgehead atoms. The van der Waals surface area contributed by atoms with Crippen LogP contribution in [0.3, 0.4) is 0 Å². The van der Waals surface area contributed by atoms with Gasteiger partial charge in [-0.05, 0) is 43.4 Å². The van der Waals surface area contributed by atoms with E-state index in [0.717, 1.165) is 12.1 Å². The molecule has 0 aliphatic heterocycles. The van der Waals surface area contributed by atoms with E-state index in [0.29, 0.717) is 25.7 Å². The van der Waals surface area contributed by atoms with E-state index >= 15 is 0 Å². The van der Waals surface area contributed by atoms with Gasteiger partial charge in [0, 0.05) is 18.8 Å². The second-order valence-corrected chi connectivity index (χ2v) is 8.08. The Morgan fingerprint density at radius 3 is 2.70 bits per heavy atom. The number of carbonyl (C=O) groups is 1. The molecule has 1 aromatic carbocycles. The first kappa shape index (κ1) is 26.9. The summed E-state index contributed by atoms with van der Waals surface area (Å²) < 4.78 is 48.2. The van der Waals surface area contributed by atoms with E-state index in [2.05, 4.69) is 4.74 Å². The molecule has 33 heavy (non-hydrogen) atoms. The second-order valence-electron chi connectivity index (χ2n) is 8.08. The molecule has 1 aliphatic carbocycles. The molecule has 9 heteroatoms. The van der Waals surface area contributed by atoms with E-state index in [9.17, 15) is 33.3 Å². The average Bonchev–Trinajstić information content (AvgIpc) is 3.04. The van der Waals surface area contributed by atoms with Crippen LogP contribution >= 0.6 is 0 Å². The third-order valence-corrected chi connectivity index (χ3v) is 5.61. The van der Waals surface area contributed by atoms with Gasteiger partial charge in [0.2, 0.25) is 0 Å². The van der Waals surface area contributed by atoms with Crippen molar-refractivity contribution in [3.63, 3.8) is 0 Å². The third-order valence-electron chi connectivity index (χ3n) is 5.61. The Morgan fingerprint density at radius 1 is 1.24 bits per heavy atom. The summed E-state index contributed by atoms with van der Waals surface area (Å²) in [5.41, 5.74) is -0.839. The van der Waals surface area contributed by atoms with Gasteiger partial charge in [-0.15, -0.1) is 0 Å². The monoisotopic (exact) mass is 472 g/mol. The lowest BCUT2D eigenvalue weighted by Crippen LogP contribution is -2.21. The summed E-state index contributed by atoms with van der Waals surface area (Å²) in [7, 11) is 1.34. The molecule has 0 spiro atoms. The van der Waals surface area contributed by atoms with Crippen molar-refractivity contribution < 1.29 is 42.8 Å². The van der Waals surface area contributed by atoms with Crippen LogP contribution < -0.4 is 4.74 Å². The molecule has 0 heterocycles. The van der Waals surface area contributed by atoms with Crippen LogP contribution in [-0.2, 0) is 15.7 Å². The highest BCUT2D eigenvalue weighted by atomic mass is 19.4. The fourth-order valence-electron chi connectivity index (χ4n) is 3.80. The van der Waals surface area contributed by atoms with Crippen LogP contribution in [0.25, 0.3) is 0 Å². The van der Waals surface area contributed by atoms with Gasteiger partial charge >= 0.3 is 12.1 Å². The summed E-state index contributed by atoms with van der Waals surface area (Å²) >= 11 is 0. The third kappa shape index (κ3) is 8.83. The Labute approximate surface area is 191 Å². The number of halogens is 3. The quantitative estimate of drug-likeness (QED) is 0.259. The maximum atomic E-state index is 12.8. The number of alkyl halides is 3. The average molecular weight is 473 g/mol. The van der Waals surface area contributed by atoms with Gasteiger partial charge < -0.3 is 24.8 Å². The standard InChI is InChI=1S/C24H31F3O6/c1-32-23(31)10-5-3-2-4-9-19-20(22(30)14-21(19)29)12-11-17(28)15-33-18-8-6-7-16(13-18)24(25,26)27/h2,4,6-8,11-13,17,19-22,28-30H,3,5,9-10,14-15H2,1H3/b4-2-,12-11+/t17-,19?,20-,21+,22-/m1/s1. The largest absolute Gasteiger partial charge is 0.491 e. The summed E-state index contributed by atoms with van der Waals surface area (Å²) in [5, 5.41) is 30.7. The van der Waals surface area contributed by atoms with Crippen LogP contribution in [0, 0.1) is 11.8 Å². The zero-order chi connectivity index (χ0) is 24.4. The number of carbonyl (C=O) groups excluding carboxylic acids is 1. The van der Waals surface area contributed by atoms with Gasteiger partial charge in [-0.3, -0.25) is 4.79 Å². The van der Waals surface area contributed by atoms with E-state index in [-0.39, 0.29) is 36.6 Å². The van der Waals surface area contributed by atoms with Gasteiger partial charge in [0.05, 0.1) is 24.9 Å². The van der Waals surface area contributed by atoms with Gasteiger partial charge in [-0.1, -0.05) is 30.4 Å². The normalized spacial score (nSPS) is 24.5. The van der Waals surface area contributed by atoms with Crippen molar-refractivity contribution in [2.24, 2.45) is 11.8 Å². The van der Waals surface area contributed by atoms with Gasteiger partial charge in [-0.25, -0.2) is 0 Å². The highest BCUT2D eigenvalue weighted by Crippen LogP contribution is 2.36. The molecule has 1 fully saturated rings. The fraction of sp³-hybridized carbons (Fsp3) is 0.542. The molecule has 1 unspecified atom stereocenters. The van der Waals surface area contributed by atoms with Crippen molar-refractivity contribution in [3.8, 4) is 5.75 Å². The smallest absolute Gasteiger partial charge is 0.416 e. The van der Waals surface area contributed by atoms with E-state index in [1.807, 2.05) is 12.2 Å². The number of unbranched alkanes of at least 4 members (excludes halogenated alkanes) is 1. The number of aliphatic hydroxyl groups is 3. The van der Waals surface area contributed by atoms with Crippen LogP contribution in [0.2, 0.25) is 0 Å². The molecule has 0 saturated heterocycles. The molecular formula is C24H31F3O6. The molecular weight excluding hydrogens is 441 g/mol. The number of allylic oxidation sites excluding steroid dienone is 2. The number of methoxy groups -OCH3 is 1. The summed E-state index contributed by atoms with van der Waals surface area (Å²) in [5.74, 6) is -0.907. The first-order valence-electron chi connectivity index (χ1n) is 10.9. The summed E-state index contributed by atoms with van der Waals surface area (Å²) in [6, 6.07) is 4.39. The van der Waals surface area contributed by atoms with Gasteiger partial charge in [0.15, 0.2) is 0 Å². The Morgan fingerprint density at radius 2 is 2.00 bits per heavy atom. The molecule has 3 N–H and O–H groups in total. The van der Waals surface area contributed by atoms with Gasteiger partial charge in [0.1, 0.15) is 18.5 Å². The Balaban J connectivity index is 1.86. The van der Waals surface area contributed by atoms with Gasteiger partial charge in [-0.2, -0.15) is 13.2 Å². The number of hydrogen-bond donors (Lipinski definition) is 3. The predicted octanol–water partition coefficient (Wildman–Crippen LogP) is 3.65. The highest BCUT2D eigenvalue weighted by molar-refractivity contribution is 5.69. The molecule has 0 aromatic heterocycles. The number of ether oxygens (including phenoxy) is 2. The van der Waals surface area contributed by atoms with Crippen molar-refractivity contribution in [1.29, 1.82) is 0 Å². The number of hydrogen-bond acceptors (Lipinski definition) is 6. The van der Waals surface area contributed by atoms with Crippen LogP contribution in [0.15, 0.2) is 48.6 Å². The number of benzene rings is 1. The SMILES string of the molecule is COC(=O)CCC/C=C\CC1[C@@H](/C=C/[C@@H](O)COc2cccc(C(F)(F)F)c2)[C@H](O)C[C@@H]1O. The van der Waals surface area contributed by atoms with Crippen LogP contribution in [0.1, 0.15) is 37.7 Å². The number of aliphatic hydroxyl groups excluding tert-OH is 3. The second kappa shape index (κ2) is 12.8. The molecule has 6 nitrogen and oxygen atoms in total. The lowest BCUT2D eigenvalue weighted by molar-refractivity contribution is -0.140. The molecule has 0 radical (unpaired) electrons. The van der Waals surface area contributed by atoms with E-state index in [1.165, 1.54) is 25.3 Å². The van der Waals surface area contributed by atoms with Crippen LogP contribution in [-0.4, -0.2) is 53.3 Å². The summed E-state index contributed by atoms with van der Waals surface area (Å²) in [6.45, 7) is -0.256. The Kier molecular flexibility index (Phi) is 10.4. The van der Waals surface area contributed by atoms with Crippen molar-refractivity contribution in [2.45, 2.75) is 56.6 Å². The number of rotatable bonds is 11. The fourth-order valence-corrected chi connectivity index (χ4v) is 3.80. The molecule has 2 rings (SSSR count). The molecule has 1 aliphatic rings. The molecule has 1 aromatic rings. The molecule has 5 atom stereocenters.